The summed E-state index contributed by atoms with van der Waals surface area (Å²) in [7, 11) is 2.23. The second-order valence-corrected chi connectivity index (χ2v) is 4.29. The standard InChI is InChI=1S/C15H17NO2.HO2P/c1-17-12-8-9-13(14(10-12)18-2)15(16)11-6-4-3-5-7-11;1-3-2/h3-10,15H,16H2,1-2H3;(H,1,2). The normalized spacial score (nSPS) is 11.2. The van der Waals surface area contributed by atoms with Gasteiger partial charge < -0.3 is 20.1 Å². The minimum atomic E-state index is -1.08. The molecular formula is C15H18NO4P. The molecule has 3 N–H and O–H groups in total. The molecule has 5 nitrogen and oxygen atoms in total. The summed E-state index contributed by atoms with van der Waals surface area (Å²) in [6, 6.07) is 16.0. The van der Waals surface area contributed by atoms with Crippen LogP contribution in [0.2, 0.25) is 0 Å². The average molecular weight is 307 g/mol. The lowest BCUT2D eigenvalue weighted by atomic mass is 9.98. The highest BCUT2D eigenvalue weighted by molar-refractivity contribution is 7.14. The van der Waals surface area contributed by atoms with Crippen molar-refractivity contribution in [1.29, 1.82) is 0 Å². The molecule has 0 saturated carbocycles. The Balaban J connectivity index is 0.000000677. The Morgan fingerprint density at radius 2 is 1.71 bits per heavy atom. The number of ether oxygens (including phenoxy) is 2. The van der Waals surface area contributed by atoms with Gasteiger partial charge >= 0.3 is 0 Å². The Kier molecular flexibility index (Phi) is 7.40. The van der Waals surface area contributed by atoms with Gasteiger partial charge in [0.2, 0.25) is 0 Å². The van der Waals surface area contributed by atoms with E-state index in [2.05, 4.69) is 17.9 Å². The molecule has 0 aliphatic heterocycles. The average Bonchev–Trinajstić information content (AvgIpc) is 2.55. The Morgan fingerprint density at radius 3 is 2.24 bits per heavy atom. The molecule has 0 radical (unpaired) electrons. The van der Waals surface area contributed by atoms with Crippen molar-refractivity contribution in [3.05, 3.63) is 59.7 Å². The highest BCUT2D eigenvalue weighted by Gasteiger charge is 2.17. The molecule has 0 spiro atoms. The number of quaternary nitrogens is 1. The van der Waals surface area contributed by atoms with Crippen molar-refractivity contribution < 1.29 is 24.7 Å². The summed E-state index contributed by atoms with van der Waals surface area (Å²) in [5.41, 5.74) is 6.45. The molecule has 0 aliphatic rings. The van der Waals surface area contributed by atoms with Crippen LogP contribution in [0.4, 0.5) is 0 Å². The zero-order chi connectivity index (χ0) is 15.7. The van der Waals surface area contributed by atoms with Crippen LogP contribution < -0.4 is 20.1 Å². The molecule has 2 aromatic carbocycles. The molecule has 2 aromatic rings. The van der Waals surface area contributed by atoms with Crippen molar-refractivity contribution in [2.75, 3.05) is 14.2 Å². The lowest BCUT2D eigenvalue weighted by Crippen LogP contribution is -2.54. The van der Waals surface area contributed by atoms with E-state index in [0.29, 0.717) is 0 Å². The van der Waals surface area contributed by atoms with E-state index in [9.17, 15) is 0 Å². The highest BCUT2D eigenvalue weighted by Crippen LogP contribution is 2.30. The largest absolute Gasteiger partial charge is 0.772 e. The van der Waals surface area contributed by atoms with Crippen molar-refractivity contribution in [2.45, 2.75) is 6.04 Å². The fourth-order valence-corrected chi connectivity index (χ4v) is 1.97. The van der Waals surface area contributed by atoms with Gasteiger partial charge in [0.15, 0.2) is 0 Å². The summed E-state index contributed by atoms with van der Waals surface area (Å²) < 4.78 is 19.0. The van der Waals surface area contributed by atoms with E-state index in [-0.39, 0.29) is 6.04 Å². The van der Waals surface area contributed by atoms with Gasteiger partial charge in [0.1, 0.15) is 17.5 Å². The fourth-order valence-electron chi connectivity index (χ4n) is 1.97. The number of benzene rings is 2. The van der Waals surface area contributed by atoms with Gasteiger partial charge in [0.25, 0.3) is 0 Å². The first-order chi connectivity index (χ1) is 10.2. The Bertz CT molecular complexity index is 563. The third-order valence-electron chi connectivity index (χ3n) is 3.02. The highest BCUT2D eigenvalue weighted by atomic mass is 31.1. The molecule has 0 amide bonds. The van der Waals surface area contributed by atoms with Crippen LogP contribution in [0, 0.1) is 0 Å². The van der Waals surface area contributed by atoms with Gasteiger partial charge in [0.05, 0.1) is 28.5 Å². The third kappa shape index (κ3) is 4.83. The number of hydrogen-bond acceptors (Lipinski definition) is 4. The summed E-state index contributed by atoms with van der Waals surface area (Å²) in [6.07, 6.45) is 0. The second-order valence-electron chi connectivity index (χ2n) is 4.15. The van der Waals surface area contributed by atoms with Crippen LogP contribution in [-0.2, 0) is 4.57 Å². The monoisotopic (exact) mass is 307 g/mol. The molecule has 0 heterocycles. The second kappa shape index (κ2) is 9.08. The van der Waals surface area contributed by atoms with Crippen LogP contribution in [0.25, 0.3) is 0 Å². The van der Waals surface area contributed by atoms with E-state index >= 15 is 0 Å². The molecule has 0 fully saturated rings. The van der Waals surface area contributed by atoms with Crippen molar-refractivity contribution in [3.63, 3.8) is 0 Å². The maximum Gasteiger partial charge on any atom is 0.139 e. The van der Waals surface area contributed by atoms with E-state index in [1.54, 1.807) is 14.2 Å². The minimum Gasteiger partial charge on any atom is -0.772 e. The van der Waals surface area contributed by atoms with Crippen LogP contribution in [-0.4, -0.2) is 14.2 Å². The fraction of sp³-hybridized carbons (Fsp3) is 0.200. The maximum atomic E-state index is 8.35. The van der Waals surface area contributed by atoms with Gasteiger partial charge in [-0.2, -0.15) is 0 Å². The first kappa shape index (κ1) is 17.1. The van der Waals surface area contributed by atoms with Crippen LogP contribution in [0.15, 0.2) is 48.5 Å². The van der Waals surface area contributed by atoms with E-state index < -0.39 is 8.69 Å². The van der Waals surface area contributed by atoms with Crippen molar-refractivity contribution >= 4 is 8.69 Å². The first-order valence-corrected chi connectivity index (χ1v) is 6.95. The molecule has 0 saturated heterocycles. The van der Waals surface area contributed by atoms with E-state index in [0.717, 1.165) is 17.1 Å². The van der Waals surface area contributed by atoms with Crippen LogP contribution in [0.5, 0.6) is 11.5 Å². The molecule has 2 rings (SSSR count). The molecule has 112 valence electrons. The smallest absolute Gasteiger partial charge is 0.139 e. The van der Waals surface area contributed by atoms with Gasteiger partial charge in [-0.3, -0.25) is 4.57 Å². The van der Waals surface area contributed by atoms with Crippen molar-refractivity contribution in [3.8, 4) is 11.5 Å². The zero-order valence-electron chi connectivity index (χ0n) is 12.0. The zero-order valence-corrected chi connectivity index (χ0v) is 12.9. The summed E-state index contributed by atoms with van der Waals surface area (Å²) in [6.45, 7) is 0. The summed E-state index contributed by atoms with van der Waals surface area (Å²) in [4.78, 5) is 8.35. The summed E-state index contributed by atoms with van der Waals surface area (Å²) in [5.74, 6) is 1.59. The molecule has 1 unspecified atom stereocenters. The predicted octanol–water partition coefficient (Wildman–Crippen LogP) is 1.59. The lowest BCUT2D eigenvalue weighted by Gasteiger charge is -2.14. The third-order valence-corrected chi connectivity index (χ3v) is 3.02. The van der Waals surface area contributed by atoms with Crippen LogP contribution in [0.3, 0.4) is 0 Å². The Morgan fingerprint density at radius 1 is 1.10 bits per heavy atom. The van der Waals surface area contributed by atoms with Gasteiger partial charge in [0, 0.05) is 11.6 Å². The summed E-state index contributed by atoms with van der Waals surface area (Å²) >= 11 is 0. The van der Waals surface area contributed by atoms with E-state index in [4.69, 9.17) is 18.9 Å². The quantitative estimate of drug-likeness (QED) is 0.869. The maximum absolute atomic E-state index is 8.35. The van der Waals surface area contributed by atoms with Crippen LogP contribution in [0.1, 0.15) is 17.2 Å². The molecule has 1 atom stereocenters. The Labute approximate surface area is 125 Å². The number of rotatable bonds is 4. The Hall–Kier alpha value is -1.94. The van der Waals surface area contributed by atoms with Crippen molar-refractivity contribution in [1.82, 2.24) is 0 Å². The topological polar surface area (TPSA) is 86.2 Å². The van der Waals surface area contributed by atoms with Gasteiger partial charge in [-0.25, -0.2) is 0 Å². The predicted molar refractivity (Wildman–Crippen MR) is 78.3 cm³/mol. The molecule has 0 bridgehead atoms. The SMILES string of the molecule is COc1ccc(C([NH3+])c2ccccc2)c(OC)c1.O=P[O-]. The molecular weight excluding hydrogens is 289 g/mol. The van der Waals surface area contributed by atoms with Crippen LogP contribution >= 0.6 is 8.69 Å². The lowest BCUT2D eigenvalue weighted by molar-refractivity contribution is -0.411. The molecule has 0 aliphatic carbocycles. The van der Waals surface area contributed by atoms with Crippen molar-refractivity contribution in [2.24, 2.45) is 0 Å². The minimum absolute atomic E-state index is 0.0482. The van der Waals surface area contributed by atoms with Gasteiger partial charge in [-0.1, -0.05) is 30.3 Å². The summed E-state index contributed by atoms with van der Waals surface area (Å²) in [5, 5.41) is 0. The van der Waals surface area contributed by atoms with E-state index in [1.165, 1.54) is 5.56 Å². The van der Waals surface area contributed by atoms with E-state index in [1.807, 2.05) is 36.4 Å². The molecule has 21 heavy (non-hydrogen) atoms. The number of hydrogen-bond donors (Lipinski definition) is 1. The molecule has 0 aromatic heterocycles. The number of methoxy groups -OCH3 is 2. The van der Waals surface area contributed by atoms with Gasteiger partial charge in [-0.15, -0.1) is 0 Å². The molecule has 6 heteroatoms. The first-order valence-electron chi connectivity index (χ1n) is 6.22. The van der Waals surface area contributed by atoms with Gasteiger partial charge in [-0.05, 0) is 12.1 Å².